The van der Waals surface area contributed by atoms with E-state index in [4.69, 9.17) is 9.47 Å². The van der Waals surface area contributed by atoms with Gasteiger partial charge >= 0.3 is 0 Å². The van der Waals surface area contributed by atoms with E-state index >= 15 is 0 Å². The van der Waals surface area contributed by atoms with Crippen LogP contribution in [0.15, 0.2) is 0 Å². The molecule has 0 N–H and O–H groups in total. The van der Waals surface area contributed by atoms with E-state index in [2.05, 4.69) is 26.8 Å². The topological polar surface area (TPSA) is 28.2 Å². The first-order valence-corrected chi connectivity index (χ1v) is 8.11. The molecular weight excluding hydrogens is 250 g/mol. The predicted octanol–water partition coefficient (Wildman–Crippen LogP) is 0.356. The fourth-order valence-corrected chi connectivity index (χ4v) is 4.76. The zero-order chi connectivity index (χ0) is 12.8. The van der Waals surface area contributed by atoms with Crippen LogP contribution in [0.4, 0.5) is 0 Å². The molecule has 2 rings (SSSR count). The Morgan fingerprint density at radius 2 is 1.22 bits per heavy atom. The lowest BCUT2D eigenvalue weighted by Crippen LogP contribution is -2.58. The van der Waals surface area contributed by atoms with E-state index in [1.807, 2.05) is 0 Å². The largest absolute Gasteiger partial charge is 0.378 e. The minimum absolute atomic E-state index is 0.105. The van der Waals surface area contributed by atoms with Crippen molar-refractivity contribution in [2.45, 2.75) is 13.8 Å². The molecule has 5 nitrogen and oxygen atoms in total. The first-order chi connectivity index (χ1) is 8.86. The van der Waals surface area contributed by atoms with Crippen molar-refractivity contribution in [3.8, 4) is 0 Å². The molecule has 2 heterocycles. The number of hydrogen-bond donors (Lipinski definition) is 0. The van der Waals surface area contributed by atoms with E-state index in [9.17, 15) is 0 Å². The van der Waals surface area contributed by atoms with Gasteiger partial charge in [0.15, 0.2) is 0 Å². The number of hydrogen-bond acceptors (Lipinski definition) is 5. The Bertz CT molecular complexity index is 211. The van der Waals surface area contributed by atoms with Crippen molar-refractivity contribution in [2.75, 3.05) is 65.7 Å². The summed E-state index contributed by atoms with van der Waals surface area (Å²) in [7, 11) is 0. The summed E-state index contributed by atoms with van der Waals surface area (Å²) in [6.07, 6.45) is 0. The van der Waals surface area contributed by atoms with E-state index in [-0.39, 0.29) is 11.5 Å². The minimum atomic E-state index is 0.105. The average molecular weight is 276 g/mol. The maximum Gasteiger partial charge on any atom is 0.268 e. The van der Waals surface area contributed by atoms with Gasteiger partial charge in [0, 0.05) is 13.1 Å². The van der Waals surface area contributed by atoms with Crippen LogP contribution in [0.2, 0.25) is 0 Å². The van der Waals surface area contributed by atoms with Gasteiger partial charge in [0.1, 0.15) is 0 Å². The van der Waals surface area contributed by atoms with Crippen LogP contribution >= 0.6 is 0 Å². The van der Waals surface area contributed by atoms with Gasteiger partial charge in [0.2, 0.25) is 0 Å². The van der Waals surface area contributed by atoms with Crippen LogP contribution in [-0.2, 0) is 20.9 Å². The summed E-state index contributed by atoms with van der Waals surface area (Å²) in [6, 6.07) is 0. The molecule has 18 heavy (non-hydrogen) atoms. The summed E-state index contributed by atoms with van der Waals surface area (Å²) >= 11 is 0.105. The van der Waals surface area contributed by atoms with E-state index in [0.717, 1.165) is 65.7 Å². The minimum Gasteiger partial charge on any atom is -0.378 e. The van der Waals surface area contributed by atoms with Gasteiger partial charge < -0.3 is 9.47 Å². The highest BCUT2D eigenvalue weighted by Gasteiger charge is 2.43. The van der Waals surface area contributed by atoms with Gasteiger partial charge in [0.05, 0.1) is 52.6 Å². The van der Waals surface area contributed by atoms with Crippen molar-refractivity contribution in [1.82, 2.24) is 12.9 Å². The zero-order valence-corrected chi connectivity index (χ0v) is 12.5. The fraction of sp³-hybridized carbons (Fsp3) is 1.00. The third-order valence-corrected chi connectivity index (χ3v) is 5.97. The maximum absolute atomic E-state index is 5.49. The Kier molecular flexibility index (Phi) is 6.20. The quantitative estimate of drug-likeness (QED) is 0.676. The van der Waals surface area contributed by atoms with Gasteiger partial charge in [-0.05, 0) is 13.8 Å². The molecular formula is C12H26N3O2S+. The Labute approximate surface area is 114 Å². The third-order valence-electron chi connectivity index (χ3n) is 3.34. The van der Waals surface area contributed by atoms with Crippen LogP contribution in [0, 0.1) is 0 Å². The molecule has 0 aromatic rings. The van der Waals surface area contributed by atoms with Gasteiger partial charge in [0.25, 0.3) is 11.5 Å². The van der Waals surface area contributed by atoms with Crippen LogP contribution in [-0.4, -0.2) is 78.6 Å². The van der Waals surface area contributed by atoms with E-state index in [0.29, 0.717) is 0 Å². The summed E-state index contributed by atoms with van der Waals surface area (Å²) < 4.78 is 18.7. The van der Waals surface area contributed by atoms with Gasteiger partial charge in [-0.2, -0.15) is 0 Å². The smallest absolute Gasteiger partial charge is 0.268 e. The summed E-state index contributed by atoms with van der Waals surface area (Å²) in [4.78, 5) is 0. The summed E-state index contributed by atoms with van der Waals surface area (Å²) in [6.45, 7) is 14.4. The van der Waals surface area contributed by atoms with Crippen LogP contribution in [0.3, 0.4) is 0 Å². The Morgan fingerprint density at radius 1 is 0.833 bits per heavy atom. The lowest BCUT2D eigenvalue weighted by Gasteiger charge is -2.35. The van der Waals surface area contributed by atoms with Gasteiger partial charge in [-0.3, -0.25) is 0 Å². The normalized spacial score (nSPS) is 24.0. The molecule has 2 fully saturated rings. The highest BCUT2D eigenvalue weighted by Crippen LogP contribution is 2.19. The zero-order valence-electron chi connectivity index (χ0n) is 11.6. The molecule has 0 aliphatic carbocycles. The SMILES string of the molecule is CCN(CC)[S+](N1CCOCC1)N1CCOCC1. The van der Waals surface area contributed by atoms with E-state index in [1.165, 1.54) is 0 Å². The molecule has 0 unspecified atom stereocenters. The molecule has 0 bridgehead atoms. The molecule has 6 heteroatoms. The van der Waals surface area contributed by atoms with Crippen molar-refractivity contribution < 1.29 is 9.47 Å². The van der Waals surface area contributed by atoms with Crippen LogP contribution < -0.4 is 0 Å². The number of morpholine rings is 2. The molecule has 2 aliphatic rings. The molecule has 0 amide bonds. The van der Waals surface area contributed by atoms with Gasteiger partial charge in [-0.15, -0.1) is 0 Å². The molecule has 0 aromatic carbocycles. The van der Waals surface area contributed by atoms with Crippen LogP contribution in [0.1, 0.15) is 13.8 Å². The Hall–Kier alpha value is 0.150. The highest BCUT2D eigenvalue weighted by molar-refractivity contribution is 7.90. The first kappa shape index (κ1) is 14.6. The molecule has 0 atom stereocenters. The monoisotopic (exact) mass is 276 g/mol. The molecule has 0 aromatic heterocycles. The van der Waals surface area contributed by atoms with Crippen molar-refractivity contribution in [3.05, 3.63) is 0 Å². The van der Waals surface area contributed by atoms with Crippen molar-refractivity contribution in [1.29, 1.82) is 0 Å². The lowest BCUT2D eigenvalue weighted by molar-refractivity contribution is 0.0570. The second-order valence-electron chi connectivity index (χ2n) is 4.44. The number of rotatable bonds is 5. The summed E-state index contributed by atoms with van der Waals surface area (Å²) in [5, 5.41) is 0. The maximum atomic E-state index is 5.49. The lowest BCUT2D eigenvalue weighted by atomic mass is 10.5. The van der Waals surface area contributed by atoms with Crippen LogP contribution in [0.25, 0.3) is 0 Å². The van der Waals surface area contributed by atoms with Gasteiger partial charge in [-0.1, -0.05) is 12.9 Å². The first-order valence-electron chi connectivity index (χ1n) is 7.01. The van der Waals surface area contributed by atoms with E-state index < -0.39 is 0 Å². The summed E-state index contributed by atoms with van der Waals surface area (Å²) in [5.41, 5.74) is 0. The number of nitrogens with zero attached hydrogens (tertiary/aromatic N) is 3. The molecule has 106 valence electrons. The predicted molar refractivity (Wildman–Crippen MR) is 75.1 cm³/mol. The van der Waals surface area contributed by atoms with Crippen molar-refractivity contribution >= 4 is 11.5 Å². The van der Waals surface area contributed by atoms with Crippen molar-refractivity contribution in [2.24, 2.45) is 0 Å². The molecule has 0 saturated carbocycles. The van der Waals surface area contributed by atoms with Crippen LogP contribution in [0.5, 0.6) is 0 Å². The second kappa shape index (κ2) is 7.67. The third kappa shape index (κ3) is 3.59. The average Bonchev–Trinajstić information content (AvgIpc) is 2.46. The van der Waals surface area contributed by atoms with Gasteiger partial charge in [-0.25, -0.2) is 0 Å². The second-order valence-corrected chi connectivity index (χ2v) is 6.48. The summed E-state index contributed by atoms with van der Waals surface area (Å²) in [5.74, 6) is 0. The van der Waals surface area contributed by atoms with E-state index in [1.54, 1.807) is 0 Å². The standard InChI is InChI=1S/C12H26N3O2S/c1-3-13(4-2)18(14-5-9-16-10-6-14)15-7-11-17-12-8-15/h3-12H2,1-2H3/q+1. The Balaban J connectivity index is 2.04. The van der Waals surface area contributed by atoms with Crippen molar-refractivity contribution in [3.63, 3.8) is 0 Å². The molecule has 2 saturated heterocycles. The number of ether oxygens (including phenoxy) is 2. The molecule has 2 aliphatic heterocycles. The Morgan fingerprint density at radius 3 is 1.56 bits per heavy atom. The highest BCUT2D eigenvalue weighted by atomic mass is 32.2. The fourth-order valence-electron chi connectivity index (χ4n) is 2.36. The molecule has 0 radical (unpaired) electrons. The molecule has 0 spiro atoms.